The normalized spacial score (nSPS) is 11.1. The minimum atomic E-state index is -0.325. The fourth-order valence-electron chi connectivity index (χ4n) is 2.29. The van der Waals surface area contributed by atoms with Crippen LogP contribution in [0.3, 0.4) is 0 Å². The number of aryl methyl sites for hydroxylation is 1. The Balaban J connectivity index is 2.03. The number of nitrogens with zero attached hydrogens (tertiary/aromatic N) is 1. The van der Waals surface area contributed by atoms with Crippen molar-refractivity contribution in [2.75, 3.05) is 0 Å². The van der Waals surface area contributed by atoms with Crippen LogP contribution in [0.1, 0.15) is 16.7 Å². The van der Waals surface area contributed by atoms with Crippen LogP contribution in [0.25, 0.3) is 11.1 Å². The summed E-state index contributed by atoms with van der Waals surface area (Å²) in [4.78, 5) is 12.0. The van der Waals surface area contributed by atoms with E-state index in [-0.39, 0.29) is 5.76 Å². The first-order valence-electron chi connectivity index (χ1n) is 6.55. The predicted octanol–water partition coefficient (Wildman–Crippen LogP) is 2.41. The Bertz CT molecular complexity index is 797. The highest BCUT2D eigenvalue weighted by Crippen LogP contribution is 2.16. The van der Waals surface area contributed by atoms with Gasteiger partial charge >= 0.3 is 5.76 Å². The van der Waals surface area contributed by atoms with Crippen LogP contribution in [0.4, 0.5) is 0 Å². The minimum Gasteiger partial charge on any atom is -0.408 e. The summed E-state index contributed by atoms with van der Waals surface area (Å²) in [6, 6.07) is 13.7. The monoisotopic (exact) mass is 268 g/mol. The van der Waals surface area contributed by atoms with Crippen LogP contribution >= 0.6 is 0 Å². The van der Waals surface area contributed by atoms with Crippen molar-refractivity contribution in [2.45, 2.75) is 20.0 Å². The van der Waals surface area contributed by atoms with Crippen molar-refractivity contribution in [1.29, 1.82) is 0 Å². The average Bonchev–Trinajstić information content (AvgIpc) is 2.76. The summed E-state index contributed by atoms with van der Waals surface area (Å²) in [7, 11) is 0. The molecule has 0 amide bonds. The van der Waals surface area contributed by atoms with Crippen LogP contribution in [0.2, 0.25) is 0 Å². The van der Waals surface area contributed by atoms with E-state index in [9.17, 15) is 4.79 Å². The number of fused-ring (bicyclic) bond motifs is 1. The number of oxazole rings is 1. The fraction of sp³-hybridized carbons (Fsp3) is 0.188. The molecule has 3 aromatic rings. The molecule has 0 aliphatic carbocycles. The van der Waals surface area contributed by atoms with Gasteiger partial charge in [0.05, 0.1) is 12.1 Å². The molecule has 0 aliphatic rings. The van der Waals surface area contributed by atoms with Gasteiger partial charge in [0.2, 0.25) is 0 Å². The first-order valence-corrected chi connectivity index (χ1v) is 6.55. The molecular formula is C16H16N2O2. The molecule has 0 saturated carbocycles. The molecule has 0 unspecified atom stereocenters. The lowest BCUT2D eigenvalue weighted by Crippen LogP contribution is -2.14. The second kappa shape index (κ2) is 4.98. The van der Waals surface area contributed by atoms with Gasteiger partial charge < -0.3 is 10.2 Å². The van der Waals surface area contributed by atoms with Gasteiger partial charge in [-0.15, -0.1) is 0 Å². The third-order valence-corrected chi connectivity index (χ3v) is 3.42. The van der Waals surface area contributed by atoms with Crippen LogP contribution < -0.4 is 11.5 Å². The van der Waals surface area contributed by atoms with Crippen molar-refractivity contribution >= 4 is 11.1 Å². The van der Waals surface area contributed by atoms with Gasteiger partial charge in [-0.2, -0.15) is 0 Å². The van der Waals surface area contributed by atoms with E-state index in [0.29, 0.717) is 18.7 Å². The molecule has 0 radical (unpaired) electrons. The van der Waals surface area contributed by atoms with Crippen molar-refractivity contribution in [3.05, 3.63) is 69.7 Å². The maximum atomic E-state index is 12.0. The van der Waals surface area contributed by atoms with Crippen LogP contribution in [0.5, 0.6) is 0 Å². The van der Waals surface area contributed by atoms with E-state index in [0.717, 1.165) is 22.2 Å². The zero-order valence-electron chi connectivity index (χ0n) is 11.3. The van der Waals surface area contributed by atoms with Crippen LogP contribution in [0.15, 0.2) is 51.7 Å². The van der Waals surface area contributed by atoms with Crippen molar-refractivity contribution in [3.63, 3.8) is 0 Å². The van der Waals surface area contributed by atoms with Crippen molar-refractivity contribution in [3.8, 4) is 0 Å². The van der Waals surface area contributed by atoms with E-state index in [1.807, 2.05) is 49.4 Å². The van der Waals surface area contributed by atoms with Crippen LogP contribution in [0, 0.1) is 6.92 Å². The van der Waals surface area contributed by atoms with Gasteiger partial charge in [-0.05, 0) is 35.7 Å². The van der Waals surface area contributed by atoms with E-state index in [1.165, 1.54) is 0 Å². The molecule has 1 aromatic heterocycles. The Hall–Kier alpha value is -2.33. The van der Waals surface area contributed by atoms with Gasteiger partial charge in [-0.3, -0.25) is 4.57 Å². The largest absolute Gasteiger partial charge is 0.420 e. The maximum absolute atomic E-state index is 12.0. The molecule has 0 aliphatic heterocycles. The van der Waals surface area contributed by atoms with Gasteiger partial charge in [0.1, 0.15) is 0 Å². The van der Waals surface area contributed by atoms with Crippen LogP contribution in [-0.4, -0.2) is 4.57 Å². The molecule has 102 valence electrons. The first-order chi connectivity index (χ1) is 9.67. The maximum Gasteiger partial charge on any atom is 0.420 e. The number of benzene rings is 2. The minimum absolute atomic E-state index is 0.325. The molecule has 0 fully saturated rings. The topological polar surface area (TPSA) is 61.2 Å². The number of nitrogens with two attached hydrogens (primary N) is 1. The van der Waals surface area contributed by atoms with Crippen molar-refractivity contribution in [2.24, 2.45) is 5.73 Å². The first kappa shape index (κ1) is 12.7. The highest BCUT2D eigenvalue weighted by atomic mass is 16.4. The molecule has 1 heterocycles. The lowest BCUT2D eigenvalue weighted by Gasteiger charge is -2.04. The lowest BCUT2D eigenvalue weighted by molar-refractivity contribution is 0.517. The summed E-state index contributed by atoms with van der Waals surface area (Å²) >= 11 is 0. The summed E-state index contributed by atoms with van der Waals surface area (Å²) in [6.45, 7) is 3.02. The van der Waals surface area contributed by atoms with Crippen molar-refractivity contribution in [1.82, 2.24) is 4.57 Å². The molecular weight excluding hydrogens is 252 g/mol. The number of rotatable bonds is 3. The third kappa shape index (κ3) is 2.26. The predicted molar refractivity (Wildman–Crippen MR) is 78.6 cm³/mol. The average molecular weight is 268 g/mol. The van der Waals surface area contributed by atoms with E-state index < -0.39 is 0 Å². The van der Waals surface area contributed by atoms with Gasteiger partial charge in [-0.25, -0.2) is 4.79 Å². The van der Waals surface area contributed by atoms with Gasteiger partial charge in [0.15, 0.2) is 5.58 Å². The molecule has 3 rings (SSSR count). The van der Waals surface area contributed by atoms with E-state index in [2.05, 4.69) is 0 Å². The SMILES string of the molecule is Cc1ccc2oc(=O)n(Cc3ccc(CN)cc3)c2c1. The Labute approximate surface area is 116 Å². The Kier molecular flexibility index (Phi) is 3.16. The lowest BCUT2D eigenvalue weighted by atomic mass is 10.1. The second-order valence-electron chi connectivity index (χ2n) is 4.95. The smallest absolute Gasteiger partial charge is 0.408 e. The molecule has 0 spiro atoms. The summed E-state index contributed by atoms with van der Waals surface area (Å²) < 4.78 is 6.91. The summed E-state index contributed by atoms with van der Waals surface area (Å²) in [5.74, 6) is -0.325. The number of hydrogen-bond acceptors (Lipinski definition) is 3. The van der Waals surface area contributed by atoms with Crippen molar-refractivity contribution < 1.29 is 4.42 Å². The van der Waals surface area contributed by atoms with E-state index in [4.69, 9.17) is 10.2 Å². The number of hydrogen-bond donors (Lipinski definition) is 1. The Morgan fingerprint density at radius 1 is 1.10 bits per heavy atom. The summed E-state index contributed by atoms with van der Waals surface area (Å²) in [5, 5.41) is 0. The highest BCUT2D eigenvalue weighted by Gasteiger charge is 2.09. The van der Waals surface area contributed by atoms with Gasteiger partial charge in [0.25, 0.3) is 0 Å². The Morgan fingerprint density at radius 2 is 1.80 bits per heavy atom. The highest BCUT2D eigenvalue weighted by molar-refractivity contribution is 5.73. The summed E-state index contributed by atoms with van der Waals surface area (Å²) in [5.41, 5.74) is 10.3. The summed E-state index contributed by atoms with van der Waals surface area (Å²) in [6.07, 6.45) is 0. The molecule has 2 N–H and O–H groups in total. The van der Waals surface area contributed by atoms with Gasteiger partial charge in [0, 0.05) is 6.54 Å². The zero-order valence-corrected chi connectivity index (χ0v) is 11.3. The van der Waals surface area contributed by atoms with Gasteiger partial charge in [-0.1, -0.05) is 30.3 Å². The molecule has 4 heteroatoms. The molecule has 4 nitrogen and oxygen atoms in total. The third-order valence-electron chi connectivity index (χ3n) is 3.42. The van der Waals surface area contributed by atoms with E-state index in [1.54, 1.807) is 4.57 Å². The molecule has 0 bridgehead atoms. The Morgan fingerprint density at radius 3 is 2.50 bits per heavy atom. The molecule has 20 heavy (non-hydrogen) atoms. The fourth-order valence-corrected chi connectivity index (χ4v) is 2.29. The quantitative estimate of drug-likeness (QED) is 0.793. The van der Waals surface area contributed by atoms with Crippen LogP contribution in [-0.2, 0) is 13.1 Å². The van der Waals surface area contributed by atoms with E-state index >= 15 is 0 Å². The zero-order chi connectivity index (χ0) is 14.1. The number of aromatic nitrogens is 1. The standard InChI is InChI=1S/C16H16N2O2/c1-11-2-7-15-14(8-11)18(16(19)20-15)10-13-5-3-12(9-17)4-6-13/h2-8H,9-10,17H2,1H3. The second-order valence-corrected chi connectivity index (χ2v) is 4.95. The molecule has 0 atom stereocenters. The molecule has 2 aromatic carbocycles. The molecule has 0 saturated heterocycles.